The van der Waals surface area contributed by atoms with E-state index in [0.717, 1.165) is 18.2 Å². The lowest BCUT2D eigenvalue weighted by Crippen LogP contribution is -2.44. The van der Waals surface area contributed by atoms with Gasteiger partial charge in [0.15, 0.2) is 0 Å². The van der Waals surface area contributed by atoms with Crippen molar-refractivity contribution < 1.29 is 51.6 Å². The lowest BCUT2D eigenvalue weighted by Gasteiger charge is -2.37. The average molecular weight is 497 g/mol. The summed E-state index contributed by atoms with van der Waals surface area (Å²) in [6.45, 7) is 6.31. The third-order valence-electron chi connectivity index (χ3n) is 5.04. The van der Waals surface area contributed by atoms with Crippen LogP contribution in [0.1, 0.15) is 45.2 Å². The molecule has 6 nitrogen and oxygen atoms in total. The maximum absolute atomic E-state index is 13.6. The fraction of sp³-hybridized carbons (Fsp3) is 0.476. The molecule has 0 fully saturated rings. The monoisotopic (exact) mass is 497 g/mol. The van der Waals surface area contributed by atoms with Gasteiger partial charge in [-0.1, -0.05) is 36.4 Å². The molecule has 0 amide bonds. The molecule has 1 atom stereocenters. The van der Waals surface area contributed by atoms with Gasteiger partial charge in [0.2, 0.25) is 0 Å². The van der Waals surface area contributed by atoms with Crippen LogP contribution < -0.4 is 0 Å². The molecule has 2 rings (SSSR count). The zero-order chi connectivity index (χ0) is 27.2. The quantitative estimate of drug-likeness (QED) is 0.316. The van der Waals surface area contributed by atoms with Gasteiger partial charge in [0.25, 0.3) is 0 Å². The number of halogens is 6. The van der Waals surface area contributed by atoms with Crippen molar-refractivity contribution in [3.05, 3.63) is 59.2 Å². The number of hydrogen-bond acceptors (Lipinski definition) is 6. The summed E-state index contributed by atoms with van der Waals surface area (Å²) < 4.78 is 79.3. The number of nitrogens with zero attached hydrogens (tertiary/aromatic N) is 1. The van der Waals surface area contributed by atoms with Crippen LogP contribution in [0.5, 0.6) is 0 Å². The molecule has 1 unspecified atom stereocenters. The van der Waals surface area contributed by atoms with Gasteiger partial charge >= 0.3 is 19.7 Å². The molecule has 13 heteroatoms. The summed E-state index contributed by atoms with van der Waals surface area (Å²) in [5.41, 5.74) is -6.93. The zero-order valence-electron chi connectivity index (χ0n) is 18.8. The van der Waals surface area contributed by atoms with Crippen LogP contribution in [0.25, 0.3) is 0 Å². The molecule has 0 saturated carbocycles. The Labute approximate surface area is 193 Å². The van der Waals surface area contributed by atoms with Gasteiger partial charge in [0, 0.05) is 5.57 Å². The summed E-state index contributed by atoms with van der Waals surface area (Å²) in [5.74, 6) is 0. The lowest BCUT2D eigenvalue weighted by atomic mass is 9.70. The van der Waals surface area contributed by atoms with E-state index in [1.807, 2.05) is 0 Å². The van der Waals surface area contributed by atoms with Gasteiger partial charge in [-0.25, -0.2) is 0 Å². The molecule has 190 valence electrons. The number of nitriles is 1. The van der Waals surface area contributed by atoms with Gasteiger partial charge < -0.3 is 25.3 Å². The predicted molar refractivity (Wildman–Crippen MR) is 112 cm³/mol. The highest BCUT2D eigenvalue weighted by Crippen LogP contribution is 2.51. The van der Waals surface area contributed by atoms with Crippen LogP contribution in [0.2, 0.25) is 0 Å². The molecule has 34 heavy (non-hydrogen) atoms. The molecule has 0 heterocycles. The molecule has 0 bridgehead atoms. The minimum atomic E-state index is -4.97. The molecule has 0 saturated heterocycles. The number of rotatable bonds is 2. The largest absolute Gasteiger partial charge is 0.631 e. The highest BCUT2D eigenvalue weighted by Gasteiger charge is 2.58. The number of alkyl halides is 6. The minimum absolute atomic E-state index is 0.298. The van der Waals surface area contributed by atoms with Crippen molar-refractivity contribution in [2.75, 3.05) is 0 Å². The summed E-state index contributed by atoms with van der Waals surface area (Å²) in [6.07, 6.45) is -9.06. The molecule has 0 radical (unpaired) electrons. The maximum Gasteiger partial charge on any atom is 0.631 e. The van der Waals surface area contributed by atoms with Crippen molar-refractivity contribution in [2.45, 2.75) is 63.1 Å². The van der Waals surface area contributed by atoms with E-state index in [1.165, 1.54) is 12.1 Å². The van der Waals surface area contributed by atoms with E-state index < -0.39 is 53.8 Å². The number of hydrogen-bond donors (Lipinski definition) is 5. The van der Waals surface area contributed by atoms with Crippen molar-refractivity contribution in [1.29, 1.82) is 5.26 Å². The number of benzene rings is 1. The van der Waals surface area contributed by atoms with Crippen LogP contribution in [0.15, 0.2) is 48.1 Å². The molecular formula is C21H26BF6NO5. The SMILES string of the molecule is CC(C)(O)C(C)(C)O.N#Cc1ccccc1C1(C(F)(F)F)C=CC=C(C(F)(F)F)C1.OB(O)O. The van der Waals surface area contributed by atoms with Crippen LogP contribution in [-0.4, -0.2) is 56.2 Å². The number of allylic oxidation sites excluding steroid dienone is 4. The first-order chi connectivity index (χ1) is 15.1. The van der Waals surface area contributed by atoms with E-state index in [2.05, 4.69) is 0 Å². The van der Waals surface area contributed by atoms with Crippen LogP contribution in [-0.2, 0) is 5.41 Å². The summed E-state index contributed by atoms with van der Waals surface area (Å²) >= 11 is 0. The molecular weight excluding hydrogens is 471 g/mol. The Kier molecular flexibility index (Phi) is 10.6. The lowest BCUT2D eigenvalue weighted by molar-refractivity contribution is -0.180. The van der Waals surface area contributed by atoms with E-state index in [9.17, 15) is 26.3 Å². The van der Waals surface area contributed by atoms with Crippen molar-refractivity contribution in [1.82, 2.24) is 0 Å². The fourth-order valence-electron chi connectivity index (χ4n) is 2.44. The van der Waals surface area contributed by atoms with Gasteiger partial charge in [-0.05, 0) is 45.7 Å². The Balaban J connectivity index is 0.000000754. The van der Waals surface area contributed by atoms with E-state index in [4.69, 9.17) is 30.5 Å². The Hall–Kier alpha value is -2.37. The smallest absolute Gasteiger partial charge is 0.402 e. The van der Waals surface area contributed by atoms with E-state index in [-0.39, 0.29) is 5.56 Å². The van der Waals surface area contributed by atoms with Gasteiger partial charge in [0.1, 0.15) is 5.41 Å². The topological polar surface area (TPSA) is 125 Å². The first-order valence-electron chi connectivity index (χ1n) is 9.61. The standard InChI is InChI=1S/C15H9F6N.C6H14O2.BH3O3/c16-14(17,18)11-5-3-7-13(8-11,15(19,20)21)12-6-2-1-4-10(12)9-22;1-5(2,7)6(3,4)8;2-1(3)4/h1-7H,8H2;7-8H,1-4H3;2-4H. The Morgan fingerprint density at radius 2 is 1.35 bits per heavy atom. The van der Waals surface area contributed by atoms with E-state index >= 15 is 0 Å². The van der Waals surface area contributed by atoms with Crippen LogP contribution in [0, 0.1) is 11.3 Å². The highest BCUT2D eigenvalue weighted by molar-refractivity contribution is 6.30. The maximum atomic E-state index is 13.6. The van der Waals surface area contributed by atoms with Crippen molar-refractivity contribution in [3.63, 3.8) is 0 Å². The highest BCUT2D eigenvalue weighted by atomic mass is 19.4. The van der Waals surface area contributed by atoms with Crippen LogP contribution in [0.4, 0.5) is 26.3 Å². The average Bonchev–Trinajstić information content (AvgIpc) is 2.65. The van der Waals surface area contributed by atoms with Gasteiger partial charge in [-0.2, -0.15) is 31.6 Å². The fourth-order valence-corrected chi connectivity index (χ4v) is 2.44. The third kappa shape index (κ3) is 8.77. The Morgan fingerprint density at radius 3 is 1.71 bits per heavy atom. The summed E-state index contributed by atoms with van der Waals surface area (Å²) in [4.78, 5) is 0. The van der Waals surface area contributed by atoms with Gasteiger partial charge in [-0.3, -0.25) is 0 Å². The van der Waals surface area contributed by atoms with E-state index in [1.54, 1.807) is 33.8 Å². The number of aliphatic hydroxyl groups is 2. The third-order valence-corrected chi connectivity index (χ3v) is 5.04. The van der Waals surface area contributed by atoms with E-state index in [0.29, 0.717) is 12.2 Å². The van der Waals surface area contributed by atoms with Gasteiger partial charge in [0.05, 0.1) is 22.8 Å². The Bertz CT molecular complexity index is 894. The first-order valence-corrected chi connectivity index (χ1v) is 9.61. The molecule has 1 aromatic rings. The van der Waals surface area contributed by atoms with Crippen LogP contribution in [0.3, 0.4) is 0 Å². The molecule has 0 spiro atoms. The second-order valence-electron chi connectivity index (χ2n) is 8.32. The molecule has 1 aliphatic rings. The summed E-state index contributed by atoms with van der Waals surface area (Å²) in [6, 6.07) is 6.43. The molecule has 1 aromatic carbocycles. The molecule has 1 aliphatic carbocycles. The second-order valence-corrected chi connectivity index (χ2v) is 8.32. The summed E-state index contributed by atoms with van der Waals surface area (Å²) in [5, 5.41) is 48.7. The predicted octanol–water partition coefficient (Wildman–Crippen LogP) is 3.28. The van der Waals surface area contributed by atoms with Crippen molar-refractivity contribution >= 4 is 7.32 Å². The molecule has 5 N–H and O–H groups in total. The Morgan fingerprint density at radius 1 is 0.912 bits per heavy atom. The normalized spacial score (nSPS) is 18.5. The minimum Gasteiger partial charge on any atom is -0.402 e. The van der Waals surface area contributed by atoms with Crippen molar-refractivity contribution in [2.24, 2.45) is 0 Å². The molecule has 0 aliphatic heterocycles. The van der Waals surface area contributed by atoms with Crippen molar-refractivity contribution in [3.8, 4) is 6.07 Å². The first kappa shape index (κ1) is 31.6. The van der Waals surface area contributed by atoms with Crippen LogP contribution >= 0.6 is 0 Å². The van der Waals surface area contributed by atoms with Gasteiger partial charge in [-0.15, -0.1) is 0 Å². The second kappa shape index (κ2) is 11.4. The molecule has 0 aromatic heterocycles. The summed E-state index contributed by atoms with van der Waals surface area (Å²) in [7, 11) is -2.17. The zero-order valence-corrected chi connectivity index (χ0v) is 18.8.